The number of rotatable bonds is 3. The highest BCUT2D eigenvalue weighted by atomic mass is 32.2. The highest BCUT2D eigenvalue weighted by Crippen LogP contribution is 2.26. The summed E-state index contributed by atoms with van der Waals surface area (Å²) in [5.41, 5.74) is 0.224. The van der Waals surface area contributed by atoms with Crippen LogP contribution in [0.1, 0.15) is 21.1 Å². The molecule has 0 fully saturated rings. The first kappa shape index (κ1) is 12.1. The maximum absolute atomic E-state index is 11.8. The lowest BCUT2D eigenvalue weighted by atomic mass is 10.2. The number of aryl methyl sites for hydroxylation is 1. The average molecular weight is 270 g/mol. The zero-order valence-corrected chi connectivity index (χ0v) is 10.9. The molecule has 0 aliphatic heterocycles. The van der Waals surface area contributed by atoms with Crippen LogP contribution < -0.4 is 5.56 Å². The van der Waals surface area contributed by atoms with Gasteiger partial charge in [0.2, 0.25) is 0 Å². The fourth-order valence-corrected chi connectivity index (χ4v) is 3.05. The van der Waals surface area contributed by atoms with Crippen LogP contribution in [0.2, 0.25) is 0 Å². The maximum atomic E-state index is 11.8. The summed E-state index contributed by atoms with van der Waals surface area (Å²) in [5, 5.41) is 9.38. The topological polar surface area (TPSA) is 83.0 Å². The fourth-order valence-electron chi connectivity index (χ4n) is 1.60. The number of hydrogen-bond acceptors (Lipinski definition) is 5. The number of carboxylic acids is 1. The molecule has 0 radical (unpaired) electrons. The number of aromatic amines is 1. The Hall–Kier alpha value is -1.34. The molecule has 2 N–H and O–H groups in total. The number of fused-ring (bicyclic) bond motifs is 1. The Balaban J connectivity index is 2.74. The van der Waals surface area contributed by atoms with Crippen LogP contribution in [0, 0.1) is 6.92 Å². The van der Waals surface area contributed by atoms with Crippen molar-refractivity contribution in [2.24, 2.45) is 0 Å². The first-order valence-corrected chi connectivity index (χ1v) is 7.00. The van der Waals surface area contributed by atoms with Gasteiger partial charge in [0, 0.05) is 0 Å². The van der Waals surface area contributed by atoms with E-state index in [-0.39, 0.29) is 10.4 Å². The van der Waals surface area contributed by atoms with Crippen LogP contribution in [-0.2, 0) is 5.75 Å². The molecular weight excluding hydrogens is 260 g/mol. The van der Waals surface area contributed by atoms with E-state index >= 15 is 0 Å². The second-order valence-electron chi connectivity index (χ2n) is 3.49. The fraction of sp³-hybridized carbons (Fsp3) is 0.300. The summed E-state index contributed by atoms with van der Waals surface area (Å²) in [5.74, 6) is 0.161. The average Bonchev–Trinajstić information content (AvgIpc) is 2.56. The molecule has 17 heavy (non-hydrogen) atoms. The summed E-state index contributed by atoms with van der Waals surface area (Å²) in [7, 11) is 0. The number of hydrogen-bond donors (Lipinski definition) is 2. The number of carbonyl (C=O) groups is 1. The van der Waals surface area contributed by atoms with E-state index in [1.54, 1.807) is 18.7 Å². The number of carboxylic acid groups (broad SMARTS) is 1. The van der Waals surface area contributed by atoms with Crippen LogP contribution in [-0.4, -0.2) is 27.3 Å². The molecule has 90 valence electrons. The van der Waals surface area contributed by atoms with Gasteiger partial charge >= 0.3 is 5.97 Å². The molecule has 2 aromatic heterocycles. The molecule has 0 aromatic carbocycles. The second kappa shape index (κ2) is 4.50. The van der Waals surface area contributed by atoms with Crippen LogP contribution in [0.5, 0.6) is 0 Å². The van der Waals surface area contributed by atoms with Crippen molar-refractivity contribution in [2.45, 2.75) is 12.7 Å². The Morgan fingerprint density at radius 3 is 2.88 bits per heavy atom. The van der Waals surface area contributed by atoms with Gasteiger partial charge in [-0.05, 0) is 18.7 Å². The van der Waals surface area contributed by atoms with E-state index in [1.807, 2.05) is 6.26 Å². The van der Waals surface area contributed by atoms with Crippen LogP contribution in [0.25, 0.3) is 10.2 Å². The highest BCUT2D eigenvalue weighted by Gasteiger charge is 2.18. The Labute approximate surface area is 105 Å². The van der Waals surface area contributed by atoms with Crippen molar-refractivity contribution in [3.05, 3.63) is 26.6 Å². The highest BCUT2D eigenvalue weighted by molar-refractivity contribution is 7.97. The molecule has 0 spiro atoms. The van der Waals surface area contributed by atoms with Crippen LogP contribution in [0.15, 0.2) is 4.79 Å². The molecule has 2 rings (SSSR count). The van der Waals surface area contributed by atoms with Crippen LogP contribution >= 0.6 is 23.1 Å². The lowest BCUT2D eigenvalue weighted by molar-refractivity contribution is 0.0701. The number of nitrogens with one attached hydrogen (secondary N) is 1. The lowest BCUT2D eigenvalue weighted by Crippen LogP contribution is -2.11. The van der Waals surface area contributed by atoms with Gasteiger partial charge in [-0.2, -0.15) is 11.8 Å². The molecule has 2 aromatic rings. The van der Waals surface area contributed by atoms with E-state index in [9.17, 15) is 9.59 Å². The predicted octanol–water partition coefficient (Wildman–Crippen LogP) is 1.85. The number of aromatic nitrogens is 2. The smallest absolute Gasteiger partial charge is 0.346 e. The molecule has 0 saturated heterocycles. The number of thioether (sulfide) groups is 1. The van der Waals surface area contributed by atoms with Crippen LogP contribution in [0.3, 0.4) is 0 Å². The molecule has 5 nitrogen and oxygen atoms in total. The van der Waals surface area contributed by atoms with Gasteiger partial charge < -0.3 is 10.1 Å². The normalized spacial score (nSPS) is 10.9. The number of nitrogens with zero attached hydrogens (tertiary/aromatic N) is 1. The van der Waals surface area contributed by atoms with E-state index in [1.165, 1.54) is 0 Å². The summed E-state index contributed by atoms with van der Waals surface area (Å²) in [6.07, 6.45) is 1.91. The minimum absolute atomic E-state index is 0.180. The van der Waals surface area contributed by atoms with Gasteiger partial charge in [0.25, 0.3) is 5.56 Å². The van der Waals surface area contributed by atoms with Gasteiger partial charge in [-0.15, -0.1) is 11.3 Å². The van der Waals surface area contributed by atoms with E-state index in [0.29, 0.717) is 27.4 Å². The first-order valence-electron chi connectivity index (χ1n) is 4.79. The summed E-state index contributed by atoms with van der Waals surface area (Å²) >= 11 is 2.59. The van der Waals surface area contributed by atoms with E-state index < -0.39 is 5.97 Å². The van der Waals surface area contributed by atoms with Crippen molar-refractivity contribution in [1.29, 1.82) is 0 Å². The van der Waals surface area contributed by atoms with E-state index in [2.05, 4.69) is 9.97 Å². The van der Waals surface area contributed by atoms with Crippen molar-refractivity contribution in [1.82, 2.24) is 9.97 Å². The third kappa shape index (κ3) is 2.07. The Morgan fingerprint density at radius 1 is 1.59 bits per heavy atom. The second-order valence-corrected chi connectivity index (χ2v) is 5.35. The van der Waals surface area contributed by atoms with E-state index in [0.717, 1.165) is 11.3 Å². The predicted molar refractivity (Wildman–Crippen MR) is 69.2 cm³/mol. The van der Waals surface area contributed by atoms with Crippen LogP contribution in [0.4, 0.5) is 0 Å². The van der Waals surface area contributed by atoms with Gasteiger partial charge in [0.15, 0.2) is 0 Å². The van der Waals surface area contributed by atoms with Gasteiger partial charge in [0.05, 0.1) is 11.1 Å². The molecular formula is C10H10N2O3S2. The zero-order valence-electron chi connectivity index (χ0n) is 9.23. The zero-order chi connectivity index (χ0) is 12.6. The molecule has 0 unspecified atom stereocenters. The lowest BCUT2D eigenvalue weighted by Gasteiger charge is -1.97. The van der Waals surface area contributed by atoms with Crippen molar-refractivity contribution >= 4 is 39.3 Å². The van der Waals surface area contributed by atoms with Gasteiger partial charge in [0.1, 0.15) is 15.5 Å². The molecule has 0 bridgehead atoms. The largest absolute Gasteiger partial charge is 0.477 e. The number of thiophene rings is 1. The van der Waals surface area contributed by atoms with Gasteiger partial charge in [-0.3, -0.25) is 4.79 Å². The van der Waals surface area contributed by atoms with Crippen molar-refractivity contribution in [3.8, 4) is 0 Å². The quantitative estimate of drug-likeness (QED) is 0.889. The maximum Gasteiger partial charge on any atom is 0.346 e. The summed E-state index contributed by atoms with van der Waals surface area (Å²) in [6.45, 7) is 1.63. The molecule has 2 heterocycles. The molecule has 0 saturated carbocycles. The Bertz CT molecular complexity index is 645. The minimum Gasteiger partial charge on any atom is -0.477 e. The molecule has 0 amide bonds. The molecule has 7 heteroatoms. The molecule has 0 aliphatic carbocycles. The summed E-state index contributed by atoms with van der Waals surface area (Å²) < 4.78 is 0. The molecule has 0 atom stereocenters. The summed E-state index contributed by atoms with van der Waals surface area (Å²) in [4.78, 5) is 30.4. The third-order valence-electron chi connectivity index (χ3n) is 2.32. The van der Waals surface area contributed by atoms with Gasteiger partial charge in [-0.25, -0.2) is 9.78 Å². The Morgan fingerprint density at radius 2 is 2.29 bits per heavy atom. The summed E-state index contributed by atoms with van der Waals surface area (Å²) in [6, 6.07) is 0. The number of H-pyrrole nitrogens is 1. The molecule has 0 aliphatic rings. The minimum atomic E-state index is -1.02. The standard InChI is InChI=1S/C10H10N2O3S2/c1-4-6-8(13)11-5(3-16-2)12-9(6)17-7(4)10(14)15/h3H2,1-2H3,(H,14,15)(H,11,12,13). The first-order chi connectivity index (χ1) is 8.04. The van der Waals surface area contributed by atoms with Crippen molar-refractivity contribution in [2.75, 3.05) is 6.26 Å². The SMILES string of the molecule is CSCc1nc2sc(C(=O)O)c(C)c2c(=O)[nH]1. The monoisotopic (exact) mass is 270 g/mol. The van der Waals surface area contributed by atoms with E-state index in [4.69, 9.17) is 5.11 Å². The van der Waals surface area contributed by atoms with Crippen molar-refractivity contribution in [3.63, 3.8) is 0 Å². The van der Waals surface area contributed by atoms with Gasteiger partial charge in [-0.1, -0.05) is 0 Å². The third-order valence-corrected chi connectivity index (χ3v) is 4.06. The Kier molecular flexibility index (Phi) is 3.21. The number of aromatic carboxylic acids is 1. The van der Waals surface area contributed by atoms with Crippen molar-refractivity contribution < 1.29 is 9.90 Å².